The number of nitrogens with one attached hydrogen (secondary N) is 1. The number of fused-ring (bicyclic) bond motifs is 2. The van der Waals surface area contributed by atoms with Crippen LogP contribution in [0.4, 0.5) is 0 Å². The summed E-state index contributed by atoms with van der Waals surface area (Å²) in [4.78, 5) is 27.2. The molecule has 3 N–H and O–H groups in total. The van der Waals surface area contributed by atoms with Gasteiger partial charge in [-0.1, -0.05) is 12.1 Å². The Morgan fingerprint density at radius 3 is 2.51 bits per heavy atom. The Morgan fingerprint density at radius 1 is 1.03 bits per heavy atom. The molecule has 1 aliphatic heterocycles. The summed E-state index contributed by atoms with van der Waals surface area (Å²) in [7, 11) is 8.81. The number of carbonyl (C=O) groups excluding carboxylic acids is 2. The molecule has 0 saturated carbocycles. The van der Waals surface area contributed by atoms with Gasteiger partial charge in [-0.15, -0.1) is 0 Å². The molecule has 7 nitrogen and oxygen atoms in total. The van der Waals surface area contributed by atoms with Crippen molar-refractivity contribution in [1.29, 1.82) is 0 Å². The van der Waals surface area contributed by atoms with Crippen LogP contribution < -0.4 is 19.9 Å². The van der Waals surface area contributed by atoms with Crippen LogP contribution in [-0.4, -0.2) is 23.2 Å². The summed E-state index contributed by atoms with van der Waals surface area (Å²) >= 11 is 1.23. The Hall–Kier alpha value is -3.27. The maximum atomic E-state index is 13.7. The van der Waals surface area contributed by atoms with Crippen molar-refractivity contribution in [2.24, 2.45) is 12.8 Å². The summed E-state index contributed by atoms with van der Waals surface area (Å²) in [5.41, 5.74) is 8.24. The first-order valence-corrected chi connectivity index (χ1v) is 13.0. The van der Waals surface area contributed by atoms with Crippen LogP contribution in [-0.2, 0) is 11.8 Å². The molecule has 0 bridgehead atoms. The van der Waals surface area contributed by atoms with Crippen molar-refractivity contribution in [2.45, 2.75) is 15.7 Å². The zero-order chi connectivity index (χ0) is 24.5. The van der Waals surface area contributed by atoms with Crippen LogP contribution in [0.3, 0.4) is 0 Å². The summed E-state index contributed by atoms with van der Waals surface area (Å²) in [6.07, 6.45) is 1.90. The maximum absolute atomic E-state index is 13.7. The van der Waals surface area contributed by atoms with Gasteiger partial charge in [-0.25, -0.2) is 0 Å². The third-order valence-electron chi connectivity index (χ3n) is 5.79. The van der Waals surface area contributed by atoms with E-state index >= 15 is 0 Å². The number of aromatic nitrogens is 1. The lowest BCUT2D eigenvalue weighted by Gasteiger charge is -2.17. The number of halogens is 1. The summed E-state index contributed by atoms with van der Waals surface area (Å²) in [5, 5.41) is 0.851. The highest BCUT2D eigenvalue weighted by Crippen LogP contribution is 2.39. The lowest BCUT2D eigenvalue weighted by atomic mass is 9.90. The van der Waals surface area contributed by atoms with Crippen LogP contribution in [0.5, 0.6) is 11.5 Å². The molecule has 10 heteroatoms. The minimum Gasteiger partial charge on any atom is -0.454 e. The van der Waals surface area contributed by atoms with E-state index in [1.54, 1.807) is 12.1 Å². The van der Waals surface area contributed by atoms with Crippen molar-refractivity contribution in [2.75, 3.05) is 6.79 Å². The van der Waals surface area contributed by atoms with Crippen LogP contribution in [0.15, 0.2) is 76.7 Å². The summed E-state index contributed by atoms with van der Waals surface area (Å²) < 4.78 is 15.9. The van der Waals surface area contributed by atoms with Gasteiger partial charge in [0.25, 0.3) is 0 Å². The van der Waals surface area contributed by atoms with Gasteiger partial charge in [-0.2, -0.15) is 0 Å². The number of nitrogens with zero attached hydrogens (tertiary/aromatic N) is 1. The van der Waals surface area contributed by atoms with Gasteiger partial charge in [0.1, 0.15) is 0 Å². The molecule has 1 aliphatic rings. The molecule has 5 rings (SSSR count). The molecule has 3 aromatic carbocycles. The Kier molecular flexibility index (Phi) is 6.55. The molecule has 178 valence electrons. The van der Waals surface area contributed by atoms with Gasteiger partial charge in [-0.3, -0.25) is 14.3 Å². The third-order valence-corrected chi connectivity index (χ3v) is 7.59. The molecule has 0 fully saturated rings. The fourth-order valence-electron chi connectivity index (χ4n) is 4.09. The van der Waals surface area contributed by atoms with Crippen molar-refractivity contribution in [1.82, 2.24) is 9.29 Å². The number of aryl methyl sites for hydroxylation is 1. The molecule has 0 aliphatic carbocycles. The van der Waals surface area contributed by atoms with Crippen molar-refractivity contribution in [3.8, 4) is 11.5 Å². The summed E-state index contributed by atoms with van der Waals surface area (Å²) in [6, 6.07) is 18.3. The second-order valence-corrected chi connectivity index (χ2v) is 9.92. The molecular weight excluding hydrogens is 506 g/mol. The number of carbonyl (C=O) groups is 2. The standard InChI is InChI=1S/C25H20ClN3O4S2/c1-29-12-19(18-8-2-15(24(27)30)10-20(18)29)23(14-3-9-21-22(11-14)33-13-32-21)25(31)28-35-17-6-4-16(34-26)5-7-17/h2-12,23H,13H2,1H3,(H2,27,30)(H,28,31). The van der Waals surface area contributed by atoms with E-state index in [2.05, 4.69) is 4.72 Å². The summed E-state index contributed by atoms with van der Waals surface area (Å²) in [6.45, 7) is 0.145. The first-order valence-electron chi connectivity index (χ1n) is 10.6. The average molecular weight is 526 g/mol. The lowest BCUT2D eigenvalue weighted by molar-refractivity contribution is -0.119. The number of amides is 2. The second kappa shape index (κ2) is 9.77. The molecule has 1 unspecified atom stereocenters. The van der Waals surface area contributed by atoms with Crippen LogP contribution in [0.25, 0.3) is 10.9 Å². The molecular formula is C25H20ClN3O4S2. The van der Waals surface area contributed by atoms with Gasteiger partial charge < -0.3 is 19.8 Å². The fourth-order valence-corrected chi connectivity index (χ4v) is 5.25. The van der Waals surface area contributed by atoms with E-state index in [4.69, 9.17) is 25.9 Å². The van der Waals surface area contributed by atoms with Gasteiger partial charge in [-0.05, 0) is 93.3 Å². The molecule has 4 aromatic rings. The quantitative estimate of drug-likeness (QED) is 0.322. The maximum Gasteiger partial charge on any atom is 0.248 e. The zero-order valence-electron chi connectivity index (χ0n) is 18.5. The Balaban J connectivity index is 1.53. The first kappa shape index (κ1) is 23.5. The van der Waals surface area contributed by atoms with E-state index in [0.29, 0.717) is 17.1 Å². The predicted octanol–water partition coefficient (Wildman–Crippen LogP) is 5.21. The first-order chi connectivity index (χ1) is 16.9. The van der Waals surface area contributed by atoms with E-state index < -0.39 is 11.8 Å². The Labute approximate surface area is 214 Å². The van der Waals surface area contributed by atoms with Gasteiger partial charge in [0.2, 0.25) is 18.6 Å². The summed E-state index contributed by atoms with van der Waals surface area (Å²) in [5.74, 6) is -0.106. The Bertz CT molecular complexity index is 1440. The van der Waals surface area contributed by atoms with E-state index in [-0.39, 0.29) is 12.7 Å². The van der Waals surface area contributed by atoms with Crippen LogP contribution >= 0.6 is 33.6 Å². The lowest BCUT2D eigenvalue weighted by Crippen LogP contribution is -2.25. The van der Waals surface area contributed by atoms with Gasteiger partial charge in [0, 0.05) is 39.5 Å². The fraction of sp³-hybridized carbons (Fsp3) is 0.120. The minimum atomic E-state index is -0.641. The van der Waals surface area contributed by atoms with E-state index in [1.165, 1.54) is 11.9 Å². The second-order valence-electron chi connectivity index (χ2n) is 7.95. The predicted molar refractivity (Wildman–Crippen MR) is 138 cm³/mol. The molecule has 2 amide bonds. The van der Waals surface area contributed by atoms with Crippen molar-refractivity contribution in [3.63, 3.8) is 0 Å². The zero-order valence-corrected chi connectivity index (χ0v) is 20.9. The highest BCUT2D eigenvalue weighted by molar-refractivity contribution is 8.21. The minimum absolute atomic E-state index is 0.145. The number of primary amides is 1. The number of hydrogen-bond donors (Lipinski definition) is 2. The molecule has 0 radical (unpaired) electrons. The largest absolute Gasteiger partial charge is 0.454 e. The van der Waals surface area contributed by atoms with Crippen LogP contribution in [0, 0.1) is 0 Å². The molecule has 1 aromatic heterocycles. The van der Waals surface area contributed by atoms with Gasteiger partial charge in [0.15, 0.2) is 11.5 Å². The third kappa shape index (κ3) is 4.67. The van der Waals surface area contributed by atoms with Crippen molar-refractivity contribution >= 4 is 56.3 Å². The molecule has 35 heavy (non-hydrogen) atoms. The normalized spacial score (nSPS) is 13.1. The number of ether oxygens (including phenoxy) is 2. The monoisotopic (exact) mass is 525 g/mol. The highest BCUT2D eigenvalue weighted by Gasteiger charge is 2.28. The van der Waals surface area contributed by atoms with E-state index in [9.17, 15) is 9.59 Å². The van der Waals surface area contributed by atoms with Crippen molar-refractivity contribution in [3.05, 3.63) is 83.6 Å². The number of rotatable bonds is 7. The number of benzene rings is 3. The topological polar surface area (TPSA) is 95.6 Å². The molecule has 1 atom stereocenters. The van der Waals surface area contributed by atoms with Crippen LogP contribution in [0.1, 0.15) is 27.4 Å². The number of nitrogens with two attached hydrogens (primary N) is 1. The smallest absolute Gasteiger partial charge is 0.248 e. The van der Waals surface area contributed by atoms with E-state index in [1.807, 2.05) is 66.3 Å². The van der Waals surface area contributed by atoms with Gasteiger partial charge >= 0.3 is 0 Å². The van der Waals surface area contributed by atoms with E-state index in [0.717, 1.165) is 42.8 Å². The highest BCUT2D eigenvalue weighted by atomic mass is 35.7. The SMILES string of the molecule is Cn1cc(C(C(=O)NSc2ccc(SCl)cc2)c2ccc3c(c2)OCO3)c2ccc(C(N)=O)cc21. The molecule has 0 spiro atoms. The van der Waals surface area contributed by atoms with Gasteiger partial charge in [0.05, 0.1) is 5.92 Å². The molecule has 0 saturated heterocycles. The average Bonchev–Trinajstić information content (AvgIpc) is 3.47. The number of hydrogen-bond acceptors (Lipinski definition) is 6. The van der Waals surface area contributed by atoms with Crippen molar-refractivity contribution < 1.29 is 19.1 Å². The Morgan fingerprint density at radius 2 is 1.77 bits per heavy atom. The van der Waals surface area contributed by atoms with Crippen LogP contribution in [0.2, 0.25) is 0 Å². The molecule has 2 heterocycles.